The fraction of sp³-hybridized carbons (Fsp3) is 0.0794. The van der Waals surface area contributed by atoms with Crippen LogP contribution in [-0.4, -0.2) is 11.1 Å². The molecule has 4 nitrogen and oxygen atoms in total. The zero-order valence-corrected chi connectivity index (χ0v) is 37.4. The summed E-state index contributed by atoms with van der Waals surface area (Å²) in [5.41, 5.74) is 18.0. The third-order valence-corrected chi connectivity index (χ3v) is 14.4. The molecule has 4 heterocycles. The molecule has 8 aromatic carbocycles. The number of allylic oxidation sites excluding steroid dienone is 3. The molecule has 0 N–H and O–H groups in total. The second-order valence-electron chi connectivity index (χ2n) is 18.0. The highest BCUT2D eigenvalue weighted by Gasteiger charge is 2.41. The first-order valence-electron chi connectivity index (χ1n) is 23.3. The molecule has 1 aliphatic carbocycles. The van der Waals surface area contributed by atoms with Crippen molar-refractivity contribution < 1.29 is 8.83 Å². The molecule has 11 aromatic rings. The maximum atomic E-state index is 6.78. The first-order valence-corrected chi connectivity index (χ1v) is 23.3. The molecule has 1 spiro atoms. The normalized spacial score (nSPS) is 18.7. The van der Waals surface area contributed by atoms with Gasteiger partial charge in [0, 0.05) is 44.7 Å². The summed E-state index contributed by atoms with van der Waals surface area (Å²) < 4.78 is 16.0. The van der Waals surface area contributed by atoms with E-state index in [1.54, 1.807) is 0 Å². The lowest BCUT2D eigenvalue weighted by Crippen LogP contribution is -2.33. The molecule has 1 unspecified atom stereocenters. The molecule has 3 aromatic heterocycles. The standard InChI is InChI=1S/C63H46N2O2/c1-41-38-39-64(56-32-16-26-50-48-24-7-13-34-59(48)66-61(50)56)54-30-11-5-20-45(54)22-15-21-43-18-3-9-28-52(43)63(41)42(2)40-58-47(37-36-44-19-4-10-29-53(44)63)46-23-6-12-31-55(46)65(58)57-33-17-27-51-49-25-8-14-35-60(49)67-62(51)57/h3-21,23-38,40H,22,39H2,1-2H3/b21-15+,37-36+,41-38+,42-40+. The Hall–Kier alpha value is -8.34. The van der Waals surface area contributed by atoms with Crippen LogP contribution < -0.4 is 4.90 Å². The van der Waals surface area contributed by atoms with E-state index in [4.69, 9.17) is 8.83 Å². The zero-order valence-electron chi connectivity index (χ0n) is 37.4. The monoisotopic (exact) mass is 862 g/mol. The van der Waals surface area contributed by atoms with Crippen LogP contribution in [0.5, 0.6) is 0 Å². The first-order chi connectivity index (χ1) is 33.1. The van der Waals surface area contributed by atoms with Gasteiger partial charge < -0.3 is 18.3 Å². The molecule has 0 fully saturated rings. The Kier molecular flexibility index (Phi) is 8.97. The number of benzene rings is 8. The third-order valence-electron chi connectivity index (χ3n) is 14.4. The van der Waals surface area contributed by atoms with E-state index in [1.165, 1.54) is 49.9 Å². The van der Waals surface area contributed by atoms with Gasteiger partial charge in [-0.2, -0.15) is 0 Å². The number of furan rings is 2. The Morgan fingerprint density at radius 2 is 1.01 bits per heavy atom. The third kappa shape index (κ3) is 5.92. The minimum absolute atomic E-state index is 0.609. The number of para-hydroxylation sites is 6. The van der Waals surface area contributed by atoms with Crippen LogP contribution in [0.15, 0.2) is 214 Å². The van der Waals surface area contributed by atoms with Gasteiger partial charge in [-0.25, -0.2) is 0 Å². The average Bonchev–Trinajstić information content (AvgIpc) is 4.05. The highest BCUT2D eigenvalue weighted by Crippen LogP contribution is 2.51. The Morgan fingerprint density at radius 1 is 0.463 bits per heavy atom. The van der Waals surface area contributed by atoms with Gasteiger partial charge in [0.25, 0.3) is 0 Å². The highest BCUT2D eigenvalue weighted by atomic mass is 16.3. The Labute approximate surface area is 389 Å². The number of rotatable bonds is 2. The van der Waals surface area contributed by atoms with Gasteiger partial charge in [0.2, 0.25) is 0 Å². The molecule has 67 heavy (non-hydrogen) atoms. The first kappa shape index (κ1) is 39.1. The van der Waals surface area contributed by atoms with Gasteiger partial charge in [-0.15, -0.1) is 0 Å². The Balaban J connectivity index is 1.11. The van der Waals surface area contributed by atoms with E-state index in [-0.39, 0.29) is 0 Å². The van der Waals surface area contributed by atoms with Crippen LogP contribution in [0.3, 0.4) is 0 Å². The number of fused-ring (bicyclic) bond motifs is 14. The van der Waals surface area contributed by atoms with Crippen molar-refractivity contribution in [1.29, 1.82) is 0 Å². The van der Waals surface area contributed by atoms with E-state index < -0.39 is 5.41 Å². The van der Waals surface area contributed by atoms with Crippen molar-refractivity contribution in [2.45, 2.75) is 25.7 Å². The smallest absolute Gasteiger partial charge is 0.159 e. The number of anilines is 2. The average molecular weight is 863 g/mol. The molecule has 4 heteroatoms. The van der Waals surface area contributed by atoms with Crippen molar-refractivity contribution in [2.75, 3.05) is 11.4 Å². The summed E-state index contributed by atoms with van der Waals surface area (Å²) in [7, 11) is 0. The summed E-state index contributed by atoms with van der Waals surface area (Å²) in [4.78, 5) is 2.46. The fourth-order valence-electron chi connectivity index (χ4n) is 11.4. The molecule has 0 bridgehead atoms. The largest absolute Gasteiger partial charge is 0.454 e. The summed E-state index contributed by atoms with van der Waals surface area (Å²) in [6.45, 7) is 5.30. The number of hydrogen-bond donors (Lipinski definition) is 0. The number of nitrogens with zero attached hydrogens (tertiary/aromatic N) is 2. The maximum Gasteiger partial charge on any atom is 0.159 e. The van der Waals surface area contributed by atoms with Crippen molar-refractivity contribution in [2.24, 2.45) is 0 Å². The second kappa shape index (κ2) is 15.4. The SMILES string of the molecule is C/C1=C\CN(c2cccc3c2oc2ccccc23)c2ccccc2C/C=C/c2ccccc2C12/C(C)=C/c1c(c3ccccc3n1-c1cccc3c1oc1ccccc13)/C=C/c1ccccc12. The van der Waals surface area contributed by atoms with E-state index >= 15 is 0 Å². The molecular weight excluding hydrogens is 817 g/mol. The minimum Gasteiger partial charge on any atom is -0.454 e. The van der Waals surface area contributed by atoms with Crippen LogP contribution in [-0.2, 0) is 11.8 Å². The predicted molar refractivity (Wildman–Crippen MR) is 280 cm³/mol. The summed E-state index contributed by atoms with van der Waals surface area (Å²) in [5, 5.41) is 5.64. The fourth-order valence-corrected chi connectivity index (χ4v) is 11.4. The molecule has 1 aliphatic heterocycles. The molecule has 0 amide bonds. The molecule has 320 valence electrons. The lowest BCUT2D eigenvalue weighted by molar-refractivity contribution is 0.665. The van der Waals surface area contributed by atoms with Crippen molar-refractivity contribution in [3.63, 3.8) is 0 Å². The number of aromatic nitrogens is 1. The lowest BCUT2D eigenvalue weighted by Gasteiger charge is -2.40. The van der Waals surface area contributed by atoms with E-state index in [9.17, 15) is 0 Å². The van der Waals surface area contributed by atoms with Gasteiger partial charge in [0.1, 0.15) is 11.2 Å². The van der Waals surface area contributed by atoms with Crippen molar-refractivity contribution in [3.8, 4) is 5.69 Å². The van der Waals surface area contributed by atoms with E-state index in [2.05, 4.69) is 230 Å². The topological polar surface area (TPSA) is 34.5 Å². The van der Waals surface area contributed by atoms with Crippen LogP contribution >= 0.6 is 0 Å². The van der Waals surface area contributed by atoms with Gasteiger partial charge in [0.05, 0.1) is 28.0 Å². The van der Waals surface area contributed by atoms with Crippen LogP contribution in [0, 0.1) is 0 Å². The molecular formula is C63H46N2O2. The Bertz CT molecular complexity index is 3920. The second-order valence-corrected chi connectivity index (χ2v) is 18.0. The maximum absolute atomic E-state index is 6.78. The molecule has 0 saturated heterocycles. The van der Waals surface area contributed by atoms with Gasteiger partial charge >= 0.3 is 0 Å². The van der Waals surface area contributed by atoms with Gasteiger partial charge in [0.15, 0.2) is 11.2 Å². The summed E-state index contributed by atoms with van der Waals surface area (Å²) in [6, 6.07) is 65.5. The van der Waals surface area contributed by atoms with E-state index in [1.807, 2.05) is 12.1 Å². The molecule has 0 radical (unpaired) electrons. The van der Waals surface area contributed by atoms with Gasteiger partial charge in [-0.1, -0.05) is 187 Å². The van der Waals surface area contributed by atoms with E-state index in [0.29, 0.717) is 6.54 Å². The summed E-state index contributed by atoms with van der Waals surface area (Å²) >= 11 is 0. The van der Waals surface area contributed by atoms with Crippen LogP contribution in [0.4, 0.5) is 11.4 Å². The van der Waals surface area contributed by atoms with Gasteiger partial charge in [-0.05, 0) is 90.6 Å². The minimum atomic E-state index is -0.702. The van der Waals surface area contributed by atoms with Crippen molar-refractivity contribution in [3.05, 3.63) is 244 Å². The Morgan fingerprint density at radius 3 is 1.75 bits per heavy atom. The quantitative estimate of drug-likeness (QED) is 0.162. The number of hydrogen-bond acceptors (Lipinski definition) is 3. The van der Waals surface area contributed by atoms with Crippen LogP contribution in [0.25, 0.3) is 84.8 Å². The van der Waals surface area contributed by atoms with Crippen LogP contribution in [0.2, 0.25) is 0 Å². The molecule has 13 rings (SSSR count). The molecule has 0 saturated carbocycles. The van der Waals surface area contributed by atoms with Crippen molar-refractivity contribution in [1.82, 2.24) is 4.57 Å². The lowest BCUT2D eigenvalue weighted by atomic mass is 9.62. The molecule has 2 aliphatic rings. The highest BCUT2D eigenvalue weighted by molar-refractivity contribution is 6.10. The molecule has 1 atom stereocenters. The summed E-state index contributed by atoms with van der Waals surface area (Å²) in [5.74, 6) is 0. The summed E-state index contributed by atoms with van der Waals surface area (Å²) in [6.07, 6.45) is 15.1. The van der Waals surface area contributed by atoms with Gasteiger partial charge in [-0.3, -0.25) is 0 Å². The van der Waals surface area contributed by atoms with Crippen molar-refractivity contribution >= 4 is 90.5 Å². The van der Waals surface area contributed by atoms with E-state index in [0.717, 1.165) is 78.6 Å². The zero-order chi connectivity index (χ0) is 44.6. The predicted octanol–water partition coefficient (Wildman–Crippen LogP) is 16.7. The van der Waals surface area contributed by atoms with Crippen LogP contribution in [0.1, 0.15) is 52.9 Å².